The second-order valence-corrected chi connectivity index (χ2v) is 4.88. The molecule has 4 heteroatoms. The van der Waals surface area contributed by atoms with Crippen molar-refractivity contribution in [3.05, 3.63) is 35.4 Å². The first kappa shape index (κ1) is 11.7. The first-order valence-electron chi connectivity index (χ1n) is 6.53. The number of hydrogen-bond acceptors (Lipinski definition) is 3. The summed E-state index contributed by atoms with van der Waals surface area (Å²) in [6, 6.07) is 8.18. The molecule has 1 unspecified atom stereocenters. The van der Waals surface area contributed by atoms with Gasteiger partial charge in [-0.3, -0.25) is 4.79 Å². The van der Waals surface area contributed by atoms with Gasteiger partial charge >= 0.3 is 0 Å². The monoisotopic (exact) mass is 246 g/mol. The zero-order valence-electron chi connectivity index (χ0n) is 10.4. The molecule has 0 saturated carbocycles. The zero-order valence-corrected chi connectivity index (χ0v) is 10.4. The van der Waals surface area contributed by atoms with Gasteiger partial charge in [0.2, 0.25) is 0 Å². The molecule has 3 rings (SSSR count). The van der Waals surface area contributed by atoms with Crippen LogP contribution in [0.2, 0.25) is 0 Å². The van der Waals surface area contributed by atoms with E-state index in [1.54, 1.807) is 0 Å². The standard InChI is InChI=1S/C14H18N2O2/c17-14-13-4-2-1-3-11(13)5-7-16(14)9-12-10-18-8-6-15-12/h1-4,12,15H,5-10H2. The average Bonchev–Trinajstić information content (AvgIpc) is 2.43. The van der Waals surface area contributed by atoms with Crippen LogP contribution in [-0.2, 0) is 11.2 Å². The number of amides is 1. The van der Waals surface area contributed by atoms with Crippen molar-refractivity contribution in [1.82, 2.24) is 10.2 Å². The lowest BCUT2D eigenvalue weighted by Crippen LogP contribution is -2.51. The Morgan fingerprint density at radius 3 is 3.11 bits per heavy atom. The molecule has 2 aliphatic rings. The number of nitrogens with one attached hydrogen (secondary N) is 1. The maximum atomic E-state index is 12.3. The summed E-state index contributed by atoms with van der Waals surface area (Å²) in [6.45, 7) is 3.91. The third kappa shape index (κ3) is 2.26. The van der Waals surface area contributed by atoms with Gasteiger partial charge in [0.25, 0.3) is 5.91 Å². The van der Waals surface area contributed by atoms with Crippen LogP contribution >= 0.6 is 0 Å². The smallest absolute Gasteiger partial charge is 0.254 e. The molecule has 1 amide bonds. The van der Waals surface area contributed by atoms with Gasteiger partial charge in [-0.15, -0.1) is 0 Å². The van der Waals surface area contributed by atoms with Gasteiger partial charge in [0.15, 0.2) is 0 Å². The molecule has 0 spiro atoms. The van der Waals surface area contributed by atoms with Gasteiger partial charge in [-0.1, -0.05) is 18.2 Å². The Balaban J connectivity index is 1.70. The minimum Gasteiger partial charge on any atom is -0.378 e. The largest absolute Gasteiger partial charge is 0.378 e. The molecule has 1 aromatic rings. The maximum absolute atomic E-state index is 12.3. The van der Waals surface area contributed by atoms with E-state index in [1.807, 2.05) is 29.2 Å². The van der Waals surface area contributed by atoms with Gasteiger partial charge < -0.3 is 15.0 Å². The lowest BCUT2D eigenvalue weighted by molar-refractivity contribution is 0.0511. The van der Waals surface area contributed by atoms with E-state index in [4.69, 9.17) is 4.74 Å². The summed E-state index contributed by atoms with van der Waals surface area (Å²) in [5, 5.41) is 3.39. The Morgan fingerprint density at radius 2 is 2.28 bits per heavy atom. The number of hydrogen-bond donors (Lipinski definition) is 1. The Hall–Kier alpha value is -1.39. The number of ether oxygens (including phenoxy) is 1. The molecular weight excluding hydrogens is 228 g/mol. The molecule has 0 aromatic heterocycles. The molecule has 0 aliphatic carbocycles. The number of fused-ring (bicyclic) bond motifs is 1. The van der Waals surface area contributed by atoms with Crippen LogP contribution in [0, 0.1) is 0 Å². The molecule has 1 aromatic carbocycles. The Bertz CT molecular complexity index is 441. The van der Waals surface area contributed by atoms with Crippen molar-refractivity contribution < 1.29 is 9.53 Å². The highest BCUT2D eigenvalue weighted by atomic mass is 16.5. The summed E-state index contributed by atoms with van der Waals surface area (Å²) in [5.41, 5.74) is 2.03. The number of carbonyl (C=O) groups excluding carboxylic acids is 1. The molecule has 1 N–H and O–H groups in total. The number of rotatable bonds is 2. The highest BCUT2D eigenvalue weighted by Crippen LogP contribution is 2.18. The van der Waals surface area contributed by atoms with Crippen LogP contribution in [0.5, 0.6) is 0 Å². The van der Waals surface area contributed by atoms with Crippen molar-refractivity contribution in [2.24, 2.45) is 0 Å². The van der Waals surface area contributed by atoms with E-state index in [2.05, 4.69) is 5.32 Å². The fourth-order valence-corrected chi connectivity index (χ4v) is 2.65. The van der Waals surface area contributed by atoms with Gasteiger partial charge in [0.05, 0.1) is 13.2 Å². The van der Waals surface area contributed by atoms with Crippen LogP contribution < -0.4 is 5.32 Å². The second kappa shape index (κ2) is 5.08. The van der Waals surface area contributed by atoms with Gasteiger partial charge in [-0.25, -0.2) is 0 Å². The minimum absolute atomic E-state index is 0.157. The third-order valence-electron chi connectivity index (χ3n) is 3.63. The molecule has 0 bridgehead atoms. The lowest BCUT2D eigenvalue weighted by Gasteiger charge is -2.33. The van der Waals surface area contributed by atoms with Gasteiger partial charge in [-0.2, -0.15) is 0 Å². The van der Waals surface area contributed by atoms with Crippen molar-refractivity contribution in [3.63, 3.8) is 0 Å². The summed E-state index contributed by atoms with van der Waals surface area (Å²) in [7, 11) is 0. The SMILES string of the molecule is O=C1c2ccccc2CCN1CC1COCCN1. The molecule has 1 saturated heterocycles. The summed E-state index contributed by atoms with van der Waals surface area (Å²) < 4.78 is 5.43. The van der Waals surface area contributed by atoms with E-state index in [0.717, 1.165) is 38.2 Å². The predicted octanol–water partition coefficient (Wildman–Crippen LogP) is 0.673. The molecular formula is C14H18N2O2. The third-order valence-corrected chi connectivity index (χ3v) is 3.63. The molecule has 96 valence electrons. The molecule has 18 heavy (non-hydrogen) atoms. The van der Waals surface area contributed by atoms with Crippen molar-refractivity contribution >= 4 is 5.91 Å². The Morgan fingerprint density at radius 1 is 1.39 bits per heavy atom. The fourth-order valence-electron chi connectivity index (χ4n) is 2.65. The van der Waals surface area contributed by atoms with Crippen molar-refractivity contribution in [3.8, 4) is 0 Å². The van der Waals surface area contributed by atoms with E-state index < -0.39 is 0 Å². The molecule has 0 radical (unpaired) electrons. The van der Waals surface area contributed by atoms with Gasteiger partial charge in [0.1, 0.15) is 0 Å². The van der Waals surface area contributed by atoms with Crippen LogP contribution in [0.15, 0.2) is 24.3 Å². The van der Waals surface area contributed by atoms with Crippen molar-refractivity contribution in [2.75, 3.05) is 32.8 Å². The van der Waals surface area contributed by atoms with Gasteiger partial charge in [-0.05, 0) is 18.1 Å². The van der Waals surface area contributed by atoms with Crippen LogP contribution in [0.1, 0.15) is 15.9 Å². The molecule has 1 atom stereocenters. The zero-order chi connectivity index (χ0) is 12.4. The first-order chi connectivity index (χ1) is 8.84. The molecule has 2 aliphatic heterocycles. The predicted molar refractivity (Wildman–Crippen MR) is 68.7 cm³/mol. The summed E-state index contributed by atoms with van der Waals surface area (Å²) in [6.07, 6.45) is 0.954. The molecule has 1 fully saturated rings. The van der Waals surface area contributed by atoms with Crippen LogP contribution in [0.3, 0.4) is 0 Å². The topological polar surface area (TPSA) is 41.6 Å². The Labute approximate surface area is 107 Å². The quantitative estimate of drug-likeness (QED) is 0.834. The number of benzene rings is 1. The highest BCUT2D eigenvalue weighted by Gasteiger charge is 2.26. The Kier molecular flexibility index (Phi) is 3.30. The summed E-state index contributed by atoms with van der Waals surface area (Å²) in [5.74, 6) is 0.157. The summed E-state index contributed by atoms with van der Waals surface area (Å²) in [4.78, 5) is 14.3. The van der Waals surface area contributed by atoms with E-state index in [9.17, 15) is 4.79 Å². The van der Waals surface area contributed by atoms with Crippen LogP contribution in [0.25, 0.3) is 0 Å². The van der Waals surface area contributed by atoms with E-state index in [-0.39, 0.29) is 11.9 Å². The molecule has 2 heterocycles. The van der Waals surface area contributed by atoms with E-state index in [1.165, 1.54) is 5.56 Å². The highest BCUT2D eigenvalue weighted by molar-refractivity contribution is 5.96. The van der Waals surface area contributed by atoms with Crippen LogP contribution in [-0.4, -0.2) is 49.7 Å². The average molecular weight is 246 g/mol. The maximum Gasteiger partial charge on any atom is 0.254 e. The normalized spacial score (nSPS) is 23.9. The minimum atomic E-state index is 0.157. The van der Waals surface area contributed by atoms with Gasteiger partial charge in [0, 0.05) is 31.2 Å². The lowest BCUT2D eigenvalue weighted by atomic mass is 9.99. The van der Waals surface area contributed by atoms with Crippen molar-refractivity contribution in [2.45, 2.75) is 12.5 Å². The van der Waals surface area contributed by atoms with E-state index in [0.29, 0.717) is 6.61 Å². The molecule has 4 nitrogen and oxygen atoms in total. The number of morpholine rings is 1. The fraction of sp³-hybridized carbons (Fsp3) is 0.500. The second-order valence-electron chi connectivity index (χ2n) is 4.88. The number of carbonyl (C=O) groups is 1. The van der Waals surface area contributed by atoms with Crippen molar-refractivity contribution in [1.29, 1.82) is 0 Å². The van der Waals surface area contributed by atoms with Crippen LogP contribution in [0.4, 0.5) is 0 Å². The number of nitrogens with zero attached hydrogens (tertiary/aromatic N) is 1. The first-order valence-corrected chi connectivity index (χ1v) is 6.53. The van der Waals surface area contributed by atoms with E-state index >= 15 is 0 Å². The summed E-state index contributed by atoms with van der Waals surface area (Å²) >= 11 is 0.